The highest BCUT2D eigenvalue weighted by molar-refractivity contribution is 5.77. The van der Waals surface area contributed by atoms with E-state index in [0.29, 0.717) is 23.0 Å². The minimum Gasteiger partial charge on any atom is -0.493 e. The lowest BCUT2D eigenvalue weighted by Crippen LogP contribution is -2.13. The van der Waals surface area contributed by atoms with Gasteiger partial charge in [0, 0.05) is 17.2 Å². The Kier molecular flexibility index (Phi) is 4.70. The Bertz CT molecular complexity index is 885. The minimum absolute atomic E-state index is 0.218. The smallest absolute Gasteiger partial charge is 0.221 e. The van der Waals surface area contributed by atoms with Gasteiger partial charge >= 0.3 is 0 Å². The maximum Gasteiger partial charge on any atom is 0.221 e. The second-order valence-electron chi connectivity index (χ2n) is 5.49. The van der Waals surface area contributed by atoms with Crippen LogP contribution in [0.15, 0.2) is 53.1 Å². The molecule has 0 radical (unpaired) electrons. The van der Waals surface area contributed by atoms with Gasteiger partial charge in [-0.25, -0.2) is 0 Å². The fourth-order valence-electron chi connectivity index (χ4n) is 2.53. The molecule has 6 nitrogen and oxygen atoms in total. The number of amides is 1. The van der Waals surface area contributed by atoms with Crippen molar-refractivity contribution in [3.63, 3.8) is 0 Å². The molecule has 128 valence electrons. The van der Waals surface area contributed by atoms with E-state index < -0.39 is 0 Å². The largest absolute Gasteiger partial charge is 0.493 e. The number of hydrogen-bond donors (Lipinski definition) is 1. The van der Waals surface area contributed by atoms with E-state index in [-0.39, 0.29) is 12.3 Å². The monoisotopic (exact) mass is 338 g/mol. The summed E-state index contributed by atoms with van der Waals surface area (Å²) in [6.45, 7) is 0. The standard InChI is InChI=1S/C19H18N2O4/c1-23-16-8-7-14(10-18(16)24-2)17-11-15(21-25-17)13-5-3-12(4-6-13)9-19(20)22/h3-8,10-11H,9H2,1-2H3,(H2,20,22). The molecule has 3 aromatic rings. The number of nitrogens with two attached hydrogens (primary N) is 1. The molecule has 0 saturated carbocycles. The normalized spacial score (nSPS) is 10.5. The van der Waals surface area contributed by atoms with Crippen molar-refractivity contribution in [1.29, 1.82) is 0 Å². The van der Waals surface area contributed by atoms with E-state index in [0.717, 1.165) is 16.7 Å². The first-order valence-corrected chi connectivity index (χ1v) is 7.67. The topological polar surface area (TPSA) is 87.6 Å². The van der Waals surface area contributed by atoms with Gasteiger partial charge in [0.05, 0.1) is 20.6 Å². The third-order valence-electron chi connectivity index (χ3n) is 3.81. The van der Waals surface area contributed by atoms with Gasteiger partial charge in [0.1, 0.15) is 5.69 Å². The molecular weight excluding hydrogens is 320 g/mol. The fraction of sp³-hybridized carbons (Fsp3) is 0.158. The summed E-state index contributed by atoms with van der Waals surface area (Å²) in [6, 6.07) is 14.8. The van der Waals surface area contributed by atoms with E-state index in [2.05, 4.69) is 5.16 Å². The molecular formula is C19H18N2O4. The Balaban J connectivity index is 1.86. The first-order valence-electron chi connectivity index (χ1n) is 7.67. The molecule has 0 atom stereocenters. The fourth-order valence-corrected chi connectivity index (χ4v) is 2.53. The van der Waals surface area contributed by atoms with Crippen molar-refractivity contribution in [2.45, 2.75) is 6.42 Å². The second-order valence-corrected chi connectivity index (χ2v) is 5.49. The van der Waals surface area contributed by atoms with Gasteiger partial charge in [-0.1, -0.05) is 29.4 Å². The molecule has 1 amide bonds. The highest BCUT2D eigenvalue weighted by Crippen LogP contribution is 2.33. The van der Waals surface area contributed by atoms with E-state index in [1.54, 1.807) is 14.2 Å². The molecule has 0 spiro atoms. The molecule has 0 fully saturated rings. The zero-order valence-corrected chi connectivity index (χ0v) is 14.0. The van der Waals surface area contributed by atoms with Gasteiger partial charge in [-0.3, -0.25) is 4.79 Å². The summed E-state index contributed by atoms with van der Waals surface area (Å²) >= 11 is 0. The Labute approximate surface area is 145 Å². The van der Waals surface area contributed by atoms with Crippen LogP contribution in [-0.2, 0) is 11.2 Å². The summed E-state index contributed by atoms with van der Waals surface area (Å²) in [5.41, 5.74) is 8.49. The van der Waals surface area contributed by atoms with Gasteiger partial charge in [0.15, 0.2) is 17.3 Å². The molecule has 0 bridgehead atoms. The number of carbonyl (C=O) groups is 1. The van der Waals surface area contributed by atoms with E-state index in [1.165, 1.54) is 0 Å². The average molecular weight is 338 g/mol. The molecule has 6 heteroatoms. The molecule has 25 heavy (non-hydrogen) atoms. The number of methoxy groups -OCH3 is 2. The van der Waals surface area contributed by atoms with Crippen LogP contribution >= 0.6 is 0 Å². The Morgan fingerprint density at radius 1 is 1.00 bits per heavy atom. The Hall–Kier alpha value is -3.28. The summed E-state index contributed by atoms with van der Waals surface area (Å²) in [7, 11) is 3.17. The Morgan fingerprint density at radius 2 is 1.68 bits per heavy atom. The van der Waals surface area contributed by atoms with Gasteiger partial charge in [0.25, 0.3) is 0 Å². The molecule has 0 unspecified atom stereocenters. The number of hydrogen-bond acceptors (Lipinski definition) is 5. The van der Waals surface area contributed by atoms with E-state index in [4.69, 9.17) is 19.7 Å². The average Bonchev–Trinajstić information content (AvgIpc) is 3.11. The van der Waals surface area contributed by atoms with Gasteiger partial charge in [-0.05, 0) is 23.8 Å². The summed E-state index contributed by atoms with van der Waals surface area (Å²) < 4.78 is 16.0. The Morgan fingerprint density at radius 3 is 2.32 bits per heavy atom. The molecule has 0 aliphatic carbocycles. The third kappa shape index (κ3) is 3.63. The van der Waals surface area contributed by atoms with Gasteiger partial charge in [-0.2, -0.15) is 0 Å². The van der Waals surface area contributed by atoms with Gasteiger partial charge in [-0.15, -0.1) is 0 Å². The number of nitrogens with zero attached hydrogens (tertiary/aromatic N) is 1. The van der Waals surface area contributed by atoms with Crippen LogP contribution in [0.3, 0.4) is 0 Å². The summed E-state index contributed by atoms with van der Waals surface area (Å²) in [5.74, 6) is 1.53. The highest BCUT2D eigenvalue weighted by atomic mass is 16.5. The van der Waals surface area contributed by atoms with Gasteiger partial charge in [0.2, 0.25) is 5.91 Å². The quantitative estimate of drug-likeness (QED) is 0.746. The van der Waals surface area contributed by atoms with Crippen LogP contribution < -0.4 is 15.2 Å². The van der Waals surface area contributed by atoms with Crippen molar-refractivity contribution in [3.8, 4) is 34.1 Å². The summed E-state index contributed by atoms with van der Waals surface area (Å²) in [6.07, 6.45) is 0.218. The lowest BCUT2D eigenvalue weighted by Gasteiger charge is -2.07. The first kappa shape index (κ1) is 16.6. The highest BCUT2D eigenvalue weighted by Gasteiger charge is 2.12. The number of rotatable bonds is 6. The second kappa shape index (κ2) is 7.09. The number of primary amides is 1. The maximum absolute atomic E-state index is 11.0. The van der Waals surface area contributed by atoms with Crippen LogP contribution in [0.2, 0.25) is 0 Å². The molecule has 1 heterocycles. The molecule has 1 aromatic heterocycles. The predicted molar refractivity (Wildman–Crippen MR) is 93.4 cm³/mol. The van der Waals surface area contributed by atoms with Crippen molar-refractivity contribution in [2.24, 2.45) is 5.73 Å². The van der Waals surface area contributed by atoms with Gasteiger partial charge < -0.3 is 19.7 Å². The molecule has 2 aromatic carbocycles. The van der Waals surface area contributed by atoms with Crippen molar-refractivity contribution < 1.29 is 18.8 Å². The maximum atomic E-state index is 11.0. The number of carbonyl (C=O) groups excluding carboxylic acids is 1. The molecule has 2 N–H and O–H groups in total. The van der Waals surface area contributed by atoms with Crippen molar-refractivity contribution in [3.05, 3.63) is 54.1 Å². The van der Waals surface area contributed by atoms with E-state index in [1.807, 2.05) is 48.5 Å². The van der Waals surface area contributed by atoms with Crippen LogP contribution in [0.4, 0.5) is 0 Å². The first-order chi connectivity index (χ1) is 12.1. The van der Waals surface area contributed by atoms with Crippen LogP contribution in [-0.4, -0.2) is 25.3 Å². The molecule has 0 saturated heterocycles. The number of benzene rings is 2. The zero-order valence-electron chi connectivity index (χ0n) is 14.0. The van der Waals surface area contributed by atoms with Crippen LogP contribution in [0.5, 0.6) is 11.5 Å². The van der Waals surface area contributed by atoms with Crippen molar-refractivity contribution >= 4 is 5.91 Å². The minimum atomic E-state index is -0.357. The summed E-state index contributed by atoms with van der Waals surface area (Å²) in [5, 5.41) is 4.11. The molecule has 3 rings (SSSR count). The lowest BCUT2D eigenvalue weighted by atomic mass is 10.1. The molecule has 0 aliphatic heterocycles. The number of aromatic nitrogens is 1. The predicted octanol–water partition coefficient (Wildman–Crippen LogP) is 3.05. The van der Waals surface area contributed by atoms with E-state index >= 15 is 0 Å². The zero-order chi connectivity index (χ0) is 17.8. The SMILES string of the molecule is COc1ccc(-c2cc(-c3ccc(CC(N)=O)cc3)no2)cc1OC. The van der Waals surface area contributed by atoms with Crippen LogP contribution in [0.25, 0.3) is 22.6 Å². The summed E-state index contributed by atoms with van der Waals surface area (Å²) in [4.78, 5) is 11.0. The number of ether oxygens (including phenoxy) is 2. The van der Waals surface area contributed by atoms with Crippen LogP contribution in [0.1, 0.15) is 5.56 Å². The van der Waals surface area contributed by atoms with E-state index in [9.17, 15) is 4.79 Å². The molecule has 0 aliphatic rings. The van der Waals surface area contributed by atoms with Crippen molar-refractivity contribution in [1.82, 2.24) is 5.16 Å². The van der Waals surface area contributed by atoms with Crippen molar-refractivity contribution in [2.75, 3.05) is 14.2 Å². The lowest BCUT2D eigenvalue weighted by molar-refractivity contribution is -0.117. The van der Waals surface area contributed by atoms with Crippen LogP contribution in [0, 0.1) is 0 Å². The third-order valence-corrected chi connectivity index (χ3v) is 3.81.